The maximum absolute atomic E-state index is 12.1. The van der Waals surface area contributed by atoms with Crippen LogP contribution in [0.15, 0.2) is 35.2 Å². The molecule has 18 heavy (non-hydrogen) atoms. The van der Waals surface area contributed by atoms with Gasteiger partial charge in [0.25, 0.3) is 0 Å². The Bertz CT molecular complexity index is 537. The van der Waals surface area contributed by atoms with E-state index < -0.39 is 10.0 Å². The fourth-order valence-electron chi connectivity index (χ4n) is 1.29. The lowest BCUT2D eigenvalue weighted by molar-refractivity contribution is 0.392. The number of benzene rings is 1. The lowest BCUT2D eigenvalue weighted by Crippen LogP contribution is -2.25. The molecule has 5 nitrogen and oxygen atoms in total. The van der Waals surface area contributed by atoms with E-state index in [1.807, 2.05) is 0 Å². The second-order valence-corrected chi connectivity index (χ2v) is 5.53. The highest BCUT2D eigenvalue weighted by Gasteiger charge is 2.19. The fraction of sp³-hybridized carbons (Fsp3) is 0.333. The van der Waals surface area contributed by atoms with Crippen LogP contribution in [-0.2, 0) is 10.0 Å². The first-order valence-corrected chi connectivity index (χ1v) is 6.75. The molecule has 1 aromatic carbocycles. The van der Waals surface area contributed by atoms with Crippen LogP contribution < -0.4 is 14.2 Å². The molecule has 0 bridgehead atoms. The maximum atomic E-state index is 12.1. The van der Waals surface area contributed by atoms with Gasteiger partial charge in [-0.2, -0.15) is 0 Å². The first-order valence-electron chi connectivity index (χ1n) is 5.27. The monoisotopic (exact) mass is 271 g/mol. The first-order chi connectivity index (χ1) is 8.40. The van der Waals surface area contributed by atoms with Gasteiger partial charge in [0.1, 0.15) is 16.4 Å². The van der Waals surface area contributed by atoms with E-state index in [0.717, 1.165) is 5.57 Å². The summed E-state index contributed by atoms with van der Waals surface area (Å²) >= 11 is 0. The fourth-order valence-corrected chi connectivity index (χ4v) is 2.57. The van der Waals surface area contributed by atoms with Crippen molar-refractivity contribution in [3.63, 3.8) is 0 Å². The van der Waals surface area contributed by atoms with Crippen molar-refractivity contribution in [2.45, 2.75) is 11.8 Å². The summed E-state index contributed by atoms with van der Waals surface area (Å²) in [7, 11) is -0.759. The summed E-state index contributed by atoms with van der Waals surface area (Å²) in [6.07, 6.45) is 0. The van der Waals surface area contributed by atoms with Crippen LogP contribution in [0.5, 0.6) is 11.5 Å². The summed E-state index contributed by atoms with van der Waals surface area (Å²) in [6, 6.07) is 4.60. The van der Waals surface area contributed by atoms with Gasteiger partial charge in [-0.05, 0) is 19.1 Å². The molecule has 0 heterocycles. The molecule has 6 heteroatoms. The average molecular weight is 271 g/mol. The van der Waals surface area contributed by atoms with E-state index in [4.69, 9.17) is 9.47 Å². The van der Waals surface area contributed by atoms with Crippen molar-refractivity contribution in [2.24, 2.45) is 0 Å². The SMILES string of the molecule is C=C(C)CNS(=O)(=O)c1cc(OC)ccc1OC. The zero-order valence-corrected chi connectivity index (χ0v) is 11.5. The molecule has 0 aromatic heterocycles. The Morgan fingerprint density at radius 3 is 2.50 bits per heavy atom. The molecule has 0 atom stereocenters. The Kier molecular flexibility index (Phi) is 4.75. The van der Waals surface area contributed by atoms with Gasteiger partial charge in [0.15, 0.2) is 0 Å². The third-order valence-corrected chi connectivity index (χ3v) is 3.65. The van der Waals surface area contributed by atoms with Crippen molar-refractivity contribution >= 4 is 10.0 Å². The van der Waals surface area contributed by atoms with Crippen molar-refractivity contribution in [2.75, 3.05) is 20.8 Å². The summed E-state index contributed by atoms with van der Waals surface area (Å²) in [5.41, 5.74) is 0.723. The predicted octanol–water partition coefficient (Wildman–Crippen LogP) is 1.56. The Hall–Kier alpha value is -1.53. The van der Waals surface area contributed by atoms with Crippen molar-refractivity contribution in [1.29, 1.82) is 0 Å². The average Bonchev–Trinajstić information content (AvgIpc) is 2.35. The van der Waals surface area contributed by atoms with E-state index in [9.17, 15) is 8.42 Å². The third-order valence-electron chi connectivity index (χ3n) is 2.22. The Morgan fingerprint density at radius 2 is 2.00 bits per heavy atom. The molecule has 0 aliphatic heterocycles. The maximum Gasteiger partial charge on any atom is 0.244 e. The van der Waals surface area contributed by atoms with Crippen molar-refractivity contribution in [1.82, 2.24) is 4.72 Å². The molecule has 0 aliphatic rings. The molecule has 100 valence electrons. The number of hydrogen-bond acceptors (Lipinski definition) is 4. The minimum Gasteiger partial charge on any atom is -0.497 e. The molecule has 0 saturated heterocycles. The molecule has 0 amide bonds. The number of ether oxygens (including phenoxy) is 2. The van der Waals surface area contributed by atoms with Crippen LogP contribution in [0.3, 0.4) is 0 Å². The minimum atomic E-state index is -3.65. The van der Waals surface area contributed by atoms with Crippen LogP contribution in [-0.4, -0.2) is 29.2 Å². The standard InChI is InChI=1S/C12H17NO4S/c1-9(2)8-13-18(14,15)12-7-10(16-3)5-6-11(12)17-4/h5-7,13H,1,8H2,2-4H3. The Morgan fingerprint density at radius 1 is 1.33 bits per heavy atom. The zero-order valence-electron chi connectivity index (χ0n) is 10.7. The second-order valence-electron chi connectivity index (χ2n) is 3.80. The quantitative estimate of drug-likeness (QED) is 0.797. The molecule has 0 radical (unpaired) electrons. The molecule has 0 fully saturated rings. The van der Waals surface area contributed by atoms with Gasteiger partial charge >= 0.3 is 0 Å². The smallest absolute Gasteiger partial charge is 0.244 e. The van der Waals surface area contributed by atoms with Crippen molar-refractivity contribution in [3.8, 4) is 11.5 Å². The minimum absolute atomic E-state index is 0.0469. The summed E-state index contributed by atoms with van der Waals surface area (Å²) in [6.45, 7) is 5.57. The summed E-state index contributed by atoms with van der Waals surface area (Å²) < 4.78 is 36.7. The molecule has 1 aromatic rings. The van der Waals surface area contributed by atoms with Crippen LogP contribution in [0, 0.1) is 0 Å². The van der Waals surface area contributed by atoms with E-state index in [1.54, 1.807) is 19.1 Å². The predicted molar refractivity (Wildman–Crippen MR) is 69.5 cm³/mol. The number of hydrogen-bond donors (Lipinski definition) is 1. The van der Waals surface area contributed by atoms with Crippen molar-refractivity contribution in [3.05, 3.63) is 30.4 Å². The lowest BCUT2D eigenvalue weighted by atomic mass is 10.3. The van der Waals surface area contributed by atoms with E-state index in [0.29, 0.717) is 5.75 Å². The van der Waals surface area contributed by atoms with Crippen LogP contribution in [0.4, 0.5) is 0 Å². The molecule has 0 spiro atoms. The van der Waals surface area contributed by atoms with Gasteiger partial charge in [0.05, 0.1) is 14.2 Å². The Labute approximate surface area is 107 Å². The number of sulfonamides is 1. The largest absolute Gasteiger partial charge is 0.497 e. The van der Waals surface area contributed by atoms with E-state index in [1.165, 1.54) is 20.3 Å². The van der Waals surface area contributed by atoms with Gasteiger partial charge in [-0.3, -0.25) is 0 Å². The Balaban J connectivity index is 3.16. The molecule has 1 N–H and O–H groups in total. The van der Waals surface area contributed by atoms with Gasteiger partial charge in [0.2, 0.25) is 10.0 Å². The summed E-state index contributed by atoms with van der Waals surface area (Å²) in [5.74, 6) is 0.719. The van der Waals surface area contributed by atoms with Crippen LogP contribution in [0.1, 0.15) is 6.92 Å². The summed E-state index contributed by atoms with van der Waals surface area (Å²) in [4.78, 5) is 0.0469. The van der Waals surface area contributed by atoms with Crippen molar-refractivity contribution < 1.29 is 17.9 Å². The van der Waals surface area contributed by atoms with Crippen LogP contribution in [0.2, 0.25) is 0 Å². The molecular formula is C12H17NO4S. The topological polar surface area (TPSA) is 64.6 Å². The van der Waals surface area contributed by atoms with Gasteiger partial charge in [-0.15, -0.1) is 0 Å². The van der Waals surface area contributed by atoms with E-state index in [-0.39, 0.29) is 17.2 Å². The molecule has 0 saturated carbocycles. The van der Waals surface area contributed by atoms with Gasteiger partial charge < -0.3 is 9.47 Å². The van der Waals surface area contributed by atoms with Gasteiger partial charge in [-0.1, -0.05) is 12.2 Å². The van der Waals surface area contributed by atoms with Gasteiger partial charge in [-0.25, -0.2) is 13.1 Å². The highest BCUT2D eigenvalue weighted by atomic mass is 32.2. The number of rotatable bonds is 6. The van der Waals surface area contributed by atoms with Gasteiger partial charge in [0, 0.05) is 12.6 Å². The number of nitrogens with one attached hydrogen (secondary N) is 1. The molecule has 1 rings (SSSR count). The van der Waals surface area contributed by atoms with E-state index >= 15 is 0 Å². The molecule has 0 unspecified atom stereocenters. The molecular weight excluding hydrogens is 254 g/mol. The second kappa shape index (κ2) is 5.88. The van der Waals surface area contributed by atoms with E-state index in [2.05, 4.69) is 11.3 Å². The molecule has 0 aliphatic carbocycles. The summed E-state index contributed by atoms with van der Waals surface area (Å²) in [5, 5.41) is 0. The zero-order chi connectivity index (χ0) is 13.8. The third kappa shape index (κ3) is 3.48. The first kappa shape index (κ1) is 14.5. The normalized spacial score (nSPS) is 11.1. The van der Waals surface area contributed by atoms with Crippen LogP contribution >= 0.6 is 0 Å². The highest BCUT2D eigenvalue weighted by molar-refractivity contribution is 7.89. The highest BCUT2D eigenvalue weighted by Crippen LogP contribution is 2.27. The lowest BCUT2D eigenvalue weighted by Gasteiger charge is -2.12. The van der Waals surface area contributed by atoms with Crippen LogP contribution in [0.25, 0.3) is 0 Å². The number of methoxy groups -OCH3 is 2.